The van der Waals surface area contributed by atoms with E-state index in [0.717, 1.165) is 18.0 Å². The number of methoxy groups -OCH3 is 3. The van der Waals surface area contributed by atoms with E-state index >= 15 is 0 Å². The van der Waals surface area contributed by atoms with E-state index in [1.807, 2.05) is 13.2 Å². The van der Waals surface area contributed by atoms with Gasteiger partial charge in [-0.05, 0) is 31.0 Å². The molecular formula is C16H26NO3+. The van der Waals surface area contributed by atoms with Crippen molar-refractivity contribution in [2.45, 2.75) is 44.4 Å². The summed E-state index contributed by atoms with van der Waals surface area (Å²) >= 11 is 0. The van der Waals surface area contributed by atoms with Gasteiger partial charge in [0.15, 0.2) is 11.5 Å². The first kappa shape index (κ1) is 15.1. The standard InChI is InChI=1S/C16H25NO3/c1-18-14-7-5-4-6-13(14)17-11-12-8-9-15(19-2)16(10-12)20-3/h8-10,13-14,17H,4-7,11H2,1-3H3/p+1/t13-,14-/m1/s1. The van der Waals surface area contributed by atoms with Crippen LogP contribution in [0.2, 0.25) is 0 Å². The minimum Gasteiger partial charge on any atom is -0.493 e. The summed E-state index contributed by atoms with van der Waals surface area (Å²) in [7, 11) is 5.16. The molecule has 0 spiro atoms. The van der Waals surface area contributed by atoms with Crippen molar-refractivity contribution in [1.82, 2.24) is 0 Å². The zero-order valence-electron chi connectivity index (χ0n) is 12.7. The van der Waals surface area contributed by atoms with Crippen molar-refractivity contribution >= 4 is 0 Å². The monoisotopic (exact) mass is 280 g/mol. The molecule has 112 valence electrons. The maximum Gasteiger partial charge on any atom is 0.161 e. The number of rotatable bonds is 6. The summed E-state index contributed by atoms with van der Waals surface area (Å²) in [6, 6.07) is 6.70. The van der Waals surface area contributed by atoms with Crippen molar-refractivity contribution in [2.75, 3.05) is 21.3 Å². The lowest BCUT2D eigenvalue weighted by Crippen LogP contribution is -2.91. The smallest absolute Gasteiger partial charge is 0.161 e. The van der Waals surface area contributed by atoms with Crippen molar-refractivity contribution < 1.29 is 19.5 Å². The Morgan fingerprint density at radius 3 is 2.50 bits per heavy atom. The summed E-state index contributed by atoms with van der Waals surface area (Å²) in [6.45, 7) is 0.949. The van der Waals surface area contributed by atoms with Crippen LogP contribution in [0, 0.1) is 0 Å². The van der Waals surface area contributed by atoms with Gasteiger partial charge in [-0.25, -0.2) is 0 Å². The second-order valence-electron chi connectivity index (χ2n) is 5.35. The first-order valence-corrected chi connectivity index (χ1v) is 7.35. The molecule has 2 atom stereocenters. The molecule has 1 fully saturated rings. The Balaban J connectivity index is 1.96. The number of hydrogen-bond donors (Lipinski definition) is 1. The SMILES string of the molecule is COc1ccc(C[NH2+][C@@H]2CCCC[C@H]2OC)cc1OC. The number of ether oxygens (including phenoxy) is 3. The molecule has 0 bridgehead atoms. The molecule has 0 amide bonds. The van der Waals surface area contributed by atoms with Crippen molar-refractivity contribution in [2.24, 2.45) is 0 Å². The van der Waals surface area contributed by atoms with Crippen molar-refractivity contribution in [1.29, 1.82) is 0 Å². The Kier molecular flexibility index (Phi) is 5.68. The van der Waals surface area contributed by atoms with Gasteiger partial charge in [0.1, 0.15) is 18.7 Å². The van der Waals surface area contributed by atoms with E-state index in [2.05, 4.69) is 17.4 Å². The molecule has 20 heavy (non-hydrogen) atoms. The summed E-state index contributed by atoms with van der Waals surface area (Å²) < 4.78 is 16.2. The van der Waals surface area contributed by atoms with Gasteiger partial charge in [-0.15, -0.1) is 0 Å². The fourth-order valence-electron chi connectivity index (χ4n) is 2.98. The highest BCUT2D eigenvalue weighted by molar-refractivity contribution is 5.42. The lowest BCUT2D eigenvalue weighted by atomic mass is 9.92. The van der Waals surface area contributed by atoms with E-state index in [-0.39, 0.29) is 0 Å². The second kappa shape index (κ2) is 7.50. The molecule has 2 rings (SSSR count). The summed E-state index contributed by atoms with van der Waals surface area (Å²) in [5.74, 6) is 1.58. The molecule has 1 aliphatic rings. The van der Waals surface area contributed by atoms with Crippen LogP contribution in [0.25, 0.3) is 0 Å². The van der Waals surface area contributed by atoms with Gasteiger partial charge < -0.3 is 19.5 Å². The van der Waals surface area contributed by atoms with E-state index in [1.165, 1.54) is 31.2 Å². The average Bonchev–Trinajstić information content (AvgIpc) is 2.52. The fourth-order valence-corrected chi connectivity index (χ4v) is 2.98. The molecule has 0 aromatic heterocycles. The Bertz CT molecular complexity index is 422. The summed E-state index contributed by atoms with van der Waals surface area (Å²) in [5, 5.41) is 2.40. The third-order valence-electron chi connectivity index (χ3n) is 4.16. The molecule has 1 aromatic carbocycles. The Morgan fingerprint density at radius 1 is 1.05 bits per heavy atom. The normalized spacial score (nSPS) is 22.6. The number of benzene rings is 1. The van der Waals surface area contributed by atoms with Gasteiger partial charge in [-0.3, -0.25) is 0 Å². The van der Waals surface area contributed by atoms with Crippen LogP contribution in [0.5, 0.6) is 11.5 Å². The number of nitrogens with two attached hydrogens (primary N) is 1. The van der Waals surface area contributed by atoms with Gasteiger partial charge in [0.25, 0.3) is 0 Å². The second-order valence-corrected chi connectivity index (χ2v) is 5.35. The summed E-state index contributed by atoms with van der Waals surface area (Å²) in [6.07, 6.45) is 5.42. The molecule has 2 N–H and O–H groups in total. The van der Waals surface area contributed by atoms with Crippen molar-refractivity contribution in [3.8, 4) is 11.5 Å². The van der Waals surface area contributed by atoms with E-state index < -0.39 is 0 Å². The predicted octanol–water partition coefficient (Wildman–Crippen LogP) is 1.72. The van der Waals surface area contributed by atoms with Crippen LogP contribution in [-0.4, -0.2) is 33.5 Å². The first-order valence-electron chi connectivity index (χ1n) is 7.35. The lowest BCUT2D eigenvalue weighted by Gasteiger charge is -2.28. The fraction of sp³-hybridized carbons (Fsp3) is 0.625. The number of hydrogen-bond acceptors (Lipinski definition) is 3. The summed E-state index contributed by atoms with van der Waals surface area (Å²) in [4.78, 5) is 0. The molecular weight excluding hydrogens is 254 g/mol. The highest BCUT2D eigenvalue weighted by atomic mass is 16.5. The molecule has 4 heteroatoms. The molecule has 1 aromatic rings. The zero-order chi connectivity index (χ0) is 14.4. The minimum absolute atomic E-state index is 0.392. The van der Waals surface area contributed by atoms with E-state index in [1.54, 1.807) is 14.2 Å². The molecule has 1 aliphatic carbocycles. The predicted molar refractivity (Wildman–Crippen MR) is 78.2 cm³/mol. The van der Waals surface area contributed by atoms with Gasteiger partial charge in [0.05, 0.1) is 14.2 Å². The molecule has 4 nitrogen and oxygen atoms in total. The lowest BCUT2D eigenvalue weighted by molar-refractivity contribution is -0.713. The minimum atomic E-state index is 0.392. The van der Waals surface area contributed by atoms with Crippen LogP contribution in [0.4, 0.5) is 0 Å². The topological polar surface area (TPSA) is 44.3 Å². The van der Waals surface area contributed by atoms with E-state index in [9.17, 15) is 0 Å². The third-order valence-corrected chi connectivity index (χ3v) is 4.16. The highest BCUT2D eigenvalue weighted by Gasteiger charge is 2.27. The van der Waals surface area contributed by atoms with Crippen molar-refractivity contribution in [3.63, 3.8) is 0 Å². The van der Waals surface area contributed by atoms with E-state index in [4.69, 9.17) is 14.2 Å². The zero-order valence-corrected chi connectivity index (χ0v) is 12.7. The van der Waals surface area contributed by atoms with Crippen LogP contribution in [0.15, 0.2) is 18.2 Å². The highest BCUT2D eigenvalue weighted by Crippen LogP contribution is 2.27. The molecule has 0 aliphatic heterocycles. The number of quaternary nitrogens is 1. The maximum atomic E-state index is 5.60. The molecule has 0 saturated heterocycles. The Labute approximate surface area is 121 Å². The quantitative estimate of drug-likeness (QED) is 0.863. The van der Waals surface area contributed by atoms with E-state index in [0.29, 0.717) is 12.1 Å². The molecule has 0 heterocycles. The summed E-state index contributed by atoms with van der Waals surface area (Å²) in [5.41, 5.74) is 1.25. The molecule has 0 radical (unpaired) electrons. The largest absolute Gasteiger partial charge is 0.493 e. The van der Waals surface area contributed by atoms with Gasteiger partial charge in [-0.1, -0.05) is 6.42 Å². The van der Waals surface area contributed by atoms with Gasteiger partial charge in [0.2, 0.25) is 0 Å². The van der Waals surface area contributed by atoms with Gasteiger partial charge in [0, 0.05) is 19.1 Å². The Hall–Kier alpha value is -1.26. The Morgan fingerprint density at radius 2 is 1.80 bits per heavy atom. The average molecular weight is 280 g/mol. The first-order chi connectivity index (χ1) is 9.78. The maximum absolute atomic E-state index is 5.60. The molecule has 0 unspecified atom stereocenters. The van der Waals surface area contributed by atoms with Crippen LogP contribution in [-0.2, 0) is 11.3 Å². The van der Waals surface area contributed by atoms with Crippen LogP contribution in [0.1, 0.15) is 31.2 Å². The van der Waals surface area contributed by atoms with Gasteiger partial charge in [-0.2, -0.15) is 0 Å². The van der Waals surface area contributed by atoms with Crippen molar-refractivity contribution in [3.05, 3.63) is 23.8 Å². The van der Waals surface area contributed by atoms with Crippen LogP contribution >= 0.6 is 0 Å². The third kappa shape index (κ3) is 3.64. The van der Waals surface area contributed by atoms with Crippen LogP contribution < -0.4 is 14.8 Å². The van der Waals surface area contributed by atoms with Crippen LogP contribution in [0.3, 0.4) is 0 Å². The molecule has 1 saturated carbocycles. The van der Waals surface area contributed by atoms with Gasteiger partial charge >= 0.3 is 0 Å².